The molecule has 0 atom stereocenters. The van der Waals surface area contributed by atoms with Crippen molar-refractivity contribution >= 4 is 27.8 Å². The molecule has 0 bridgehead atoms. The largest absolute Gasteiger partial charge is 0.489 e. The summed E-state index contributed by atoms with van der Waals surface area (Å²) < 4.78 is 11.1. The highest BCUT2D eigenvalue weighted by Crippen LogP contribution is 2.32. The van der Waals surface area contributed by atoms with Gasteiger partial charge in [0.2, 0.25) is 0 Å². The fourth-order valence-electron chi connectivity index (χ4n) is 3.40. The monoisotopic (exact) mass is 387 g/mol. The van der Waals surface area contributed by atoms with Crippen LogP contribution in [0, 0.1) is 11.3 Å². The highest BCUT2D eigenvalue weighted by atomic mass is 16.5. The summed E-state index contributed by atoms with van der Waals surface area (Å²) in [5.41, 5.74) is 3.54. The van der Waals surface area contributed by atoms with Gasteiger partial charge in [-0.2, -0.15) is 5.26 Å². The quantitative estimate of drug-likeness (QED) is 0.517. The zero-order valence-electron chi connectivity index (χ0n) is 15.6. The fourth-order valence-corrected chi connectivity index (χ4v) is 3.40. The first-order valence-corrected chi connectivity index (χ1v) is 8.88. The number of aromatic amines is 1. The lowest BCUT2D eigenvalue weighted by Crippen LogP contribution is -2.07. The second-order valence-corrected chi connectivity index (χ2v) is 6.55. The van der Waals surface area contributed by atoms with Crippen molar-refractivity contribution in [3.8, 4) is 11.8 Å². The van der Waals surface area contributed by atoms with Gasteiger partial charge < -0.3 is 19.6 Å². The van der Waals surface area contributed by atoms with Gasteiger partial charge in [0.1, 0.15) is 12.4 Å². The normalized spacial score (nSPS) is 10.9. The number of aromatic carboxylic acids is 1. The summed E-state index contributed by atoms with van der Waals surface area (Å²) in [4.78, 5) is 18.9. The van der Waals surface area contributed by atoms with E-state index >= 15 is 0 Å². The maximum absolute atomic E-state index is 11.6. The van der Waals surface area contributed by atoms with Crippen LogP contribution in [0.4, 0.5) is 0 Å². The smallest absolute Gasteiger partial charge is 0.354 e. The molecular weight excluding hydrogens is 370 g/mol. The third-order valence-electron chi connectivity index (χ3n) is 4.66. The number of rotatable bonds is 6. The van der Waals surface area contributed by atoms with E-state index in [-0.39, 0.29) is 12.3 Å². The summed E-state index contributed by atoms with van der Waals surface area (Å²) >= 11 is 0. The first-order valence-electron chi connectivity index (χ1n) is 8.88. The third kappa shape index (κ3) is 3.49. The summed E-state index contributed by atoms with van der Waals surface area (Å²) in [5, 5.41) is 20.1. The van der Waals surface area contributed by atoms with Crippen LogP contribution >= 0.6 is 0 Å². The van der Waals surface area contributed by atoms with E-state index < -0.39 is 5.97 Å². The lowest BCUT2D eigenvalue weighted by Gasteiger charge is -2.08. The molecule has 2 aromatic heterocycles. The Labute approximate surface area is 166 Å². The average Bonchev–Trinajstić information content (AvgIpc) is 3.11. The molecule has 4 rings (SSSR count). The molecule has 144 valence electrons. The predicted molar refractivity (Wildman–Crippen MR) is 107 cm³/mol. The predicted octanol–water partition coefficient (Wildman–Crippen LogP) is 4.01. The minimum atomic E-state index is -1.10. The molecule has 7 nitrogen and oxygen atoms in total. The topological polar surface area (TPSA) is 108 Å². The molecule has 0 amide bonds. The number of aromatic nitrogens is 2. The maximum atomic E-state index is 11.6. The van der Waals surface area contributed by atoms with Gasteiger partial charge in [-0.1, -0.05) is 12.1 Å². The van der Waals surface area contributed by atoms with Crippen molar-refractivity contribution < 1.29 is 19.4 Å². The number of benzene rings is 2. The zero-order chi connectivity index (χ0) is 20.4. The van der Waals surface area contributed by atoms with E-state index in [4.69, 9.17) is 14.7 Å². The number of hydrogen-bond acceptors (Lipinski definition) is 5. The number of carbonyl (C=O) groups is 1. The Morgan fingerprint density at radius 3 is 2.83 bits per heavy atom. The Morgan fingerprint density at radius 1 is 1.21 bits per heavy atom. The molecule has 2 aromatic carbocycles. The van der Waals surface area contributed by atoms with Crippen LogP contribution in [0.1, 0.15) is 27.2 Å². The van der Waals surface area contributed by atoms with E-state index in [1.807, 2.05) is 30.3 Å². The molecule has 0 spiro atoms. The summed E-state index contributed by atoms with van der Waals surface area (Å²) in [6.45, 7) is 0.446. The second-order valence-electron chi connectivity index (χ2n) is 6.55. The van der Waals surface area contributed by atoms with Crippen LogP contribution in [0.2, 0.25) is 0 Å². The number of hydrogen-bond donors (Lipinski definition) is 2. The Bertz CT molecular complexity index is 1270. The van der Waals surface area contributed by atoms with Gasteiger partial charge in [-0.3, -0.25) is 0 Å². The Balaban J connectivity index is 1.75. The fraction of sp³-hybridized carbons (Fsp3) is 0.136. The number of fused-ring (bicyclic) bond motifs is 3. The van der Waals surface area contributed by atoms with Crippen molar-refractivity contribution in [3.05, 3.63) is 71.0 Å². The first kappa shape index (κ1) is 18.5. The van der Waals surface area contributed by atoms with Gasteiger partial charge >= 0.3 is 5.97 Å². The maximum Gasteiger partial charge on any atom is 0.354 e. The minimum absolute atomic E-state index is 0.0279. The summed E-state index contributed by atoms with van der Waals surface area (Å²) in [7, 11) is 1.52. The minimum Gasteiger partial charge on any atom is -0.489 e. The van der Waals surface area contributed by atoms with Crippen molar-refractivity contribution in [2.45, 2.75) is 13.2 Å². The van der Waals surface area contributed by atoms with Crippen molar-refractivity contribution in [2.75, 3.05) is 7.11 Å². The van der Waals surface area contributed by atoms with E-state index in [0.717, 1.165) is 27.4 Å². The number of nitriles is 1. The van der Waals surface area contributed by atoms with Crippen LogP contribution in [0.15, 0.2) is 48.7 Å². The third-order valence-corrected chi connectivity index (χ3v) is 4.66. The average molecular weight is 387 g/mol. The van der Waals surface area contributed by atoms with Crippen LogP contribution in [0.25, 0.3) is 21.8 Å². The van der Waals surface area contributed by atoms with E-state index in [2.05, 4.69) is 16.0 Å². The highest BCUT2D eigenvalue weighted by Gasteiger charge is 2.19. The van der Waals surface area contributed by atoms with Crippen molar-refractivity contribution in [1.29, 1.82) is 5.26 Å². The number of H-pyrrole nitrogens is 1. The highest BCUT2D eigenvalue weighted by molar-refractivity contribution is 6.11. The van der Waals surface area contributed by atoms with E-state index in [9.17, 15) is 9.90 Å². The van der Waals surface area contributed by atoms with E-state index in [1.165, 1.54) is 13.3 Å². The van der Waals surface area contributed by atoms with E-state index in [1.54, 1.807) is 12.1 Å². The number of pyridine rings is 1. The SMILES string of the molecule is COCc1c(C(=O)O)ncc2[nH]c3ccc(OCc4cccc(C#N)c4)cc3c12. The molecule has 0 fully saturated rings. The van der Waals surface area contributed by atoms with Crippen molar-refractivity contribution in [3.63, 3.8) is 0 Å². The van der Waals surface area contributed by atoms with Crippen LogP contribution in [0.5, 0.6) is 5.75 Å². The van der Waals surface area contributed by atoms with Crippen LogP contribution in [0.3, 0.4) is 0 Å². The number of carboxylic acid groups (broad SMARTS) is 1. The molecule has 2 heterocycles. The molecule has 0 radical (unpaired) electrons. The number of nitrogens with zero attached hydrogens (tertiary/aromatic N) is 2. The molecule has 0 saturated heterocycles. The van der Waals surface area contributed by atoms with Gasteiger partial charge in [0.25, 0.3) is 0 Å². The lowest BCUT2D eigenvalue weighted by atomic mass is 10.1. The molecule has 2 N–H and O–H groups in total. The Kier molecular flexibility index (Phi) is 4.85. The van der Waals surface area contributed by atoms with Crippen molar-refractivity contribution in [2.24, 2.45) is 0 Å². The van der Waals surface area contributed by atoms with Gasteiger partial charge in [-0.25, -0.2) is 9.78 Å². The molecule has 7 heteroatoms. The van der Waals surface area contributed by atoms with Gasteiger partial charge in [-0.15, -0.1) is 0 Å². The summed E-state index contributed by atoms with van der Waals surface area (Å²) in [6, 6.07) is 14.9. The van der Waals surface area contributed by atoms with Crippen LogP contribution in [-0.2, 0) is 18.0 Å². The Hall–Kier alpha value is -3.89. The van der Waals surface area contributed by atoms with Gasteiger partial charge in [0.05, 0.1) is 30.0 Å². The standard InChI is InChI=1S/C22H17N3O4/c1-28-12-17-20-16-8-15(29-11-14-4-2-3-13(7-14)9-23)5-6-18(16)25-19(20)10-24-21(17)22(26)27/h2-8,10,25H,11-12H2,1H3,(H,26,27). The number of nitrogens with one attached hydrogen (secondary N) is 1. The van der Waals surface area contributed by atoms with E-state index in [0.29, 0.717) is 23.5 Å². The molecule has 0 aliphatic heterocycles. The van der Waals surface area contributed by atoms with Crippen LogP contribution < -0.4 is 4.74 Å². The lowest BCUT2D eigenvalue weighted by molar-refractivity contribution is 0.0685. The number of carboxylic acids is 1. The molecule has 0 saturated carbocycles. The zero-order valence-corrected chi connectivity index (χ0v) is 15.6. The molecular formula is C22H17N3O4. The molecule has 0 unspecified atom stereocenters. The van der Waals surface area contributed by atoms with Gasteiger partial charge in [0.15, 0.2) is 5.69 Å². The van der Waals surface area contributed by atoms with Crippen LogP contribution in [-0.4, -0.2) is 28.2 Å². The molecule has 0 aliphatic carbocycles. The summed E-state index contributed by atoms with van der Waals surface area (Å²) in [6.07, 6.45) is 1.52. The van der Waals surface area contributed by atoms with Crippen molar-refractivity contribution in [1.82, 2.24) is 9.97 Å². The molecule has 29 heavy (non-hydrogen) atoms. The van der Waals surface area contributed by atoms with Gasteiger partial charge in [0, 0.05) is 29.0 Å². The van der Waals surface area contributed by atoms with Gasteiger partial charge in [-0.05, 0) is 35.9 Å². The number of methoxy groups -OCH3 is 1. The number of ether oxygens (including phenoxy) is 2. The molecule has 4 aromatic rings. The molecule has 0 aliphatic rings. The first-order chi connectivity index (χ1) is 14.1. The summed E-state index contributed by atoms with van der Waals surface area (Å²) in [5.74, 6) is -0.462. The second kappa shape index (κ2) is 7.62. The Morgan fingerprint density at radius 2 is 2.07 bits per heavy atom.